The minimum atomic E-state index is -1.22. The zero-order valence-corrected chi connectivity index (χ0v) is 17.7. The van der Waals surface area contributed by atoms with Crippen molar-refractivity contribution in [1.82, 2.24) is 10.3 Å². The molecule has 0 spiro atoms. The van der Waals surface area contributed by atoms with Gasteiger partial charge in [0.2, 0.25) is 0 Å². The van der Waals surface area contributed by atoms with Gasteiger partial charge in [0.25, 0.3) is 0 Å². The molecule has 0 bridgehead atoms. The van der Waals surface area contributed by atoms with Crippen molar-refractivity contribution in [3.63, 3.8) is 0 Å². The summed E-state index contributed by atoms with van der Waals surface area (Å²) in [4.78, 5) is 4.60. The van der Waals surface area contributed by atoms with E-state index < -0.39 is 5.60 Å². The maximum absolute atomic E-state index is 11.8. The van der Waals surface area contributed by atoms with Gasteiger partial charge in [0.05, 0.1) is 7.11 Å². The first-order valence-electron chi connectivity index (χ1n) is 9.27. The zero-order valence-electron chi connectivity index (χ0n) is 16.8. The second-order valence-electron chi connectivity index (χ2n) is 7.85. The van der Waals surface area contributed by atoms with Crippen LogP contribution in [0.5, 0.6) is 5.75 Å². The molecule has 0 amide bonds. The zero-order chi connectivity index (χ0) is 19.4. The quantitative estimate of drug-likeness (QED) is 0.671. The number of rotatable bonds is 8. The third kappa shape index (κ3) is 4.64. The fourth-order valence-electron chi connectivity index (χ4n) is 2.90. The minimum Gasteiger partial charge on any atom is -0.496 e. The Balaban J connectivity index is 2.53. The number of thiazole rings is 1. The summed E-state index contributed by atoms with van der Waals surface area (Å²) in [6.45, 7) is 11.9. The molecule has 0 aliphatic rings. The Morgan fingerprint density at radius 1 is 1.27 bits per heavy atom. The molecule has 0 saturated carbocycles. The van der Waals surface area contributed by atoms with Crippen molar-refractivity contribution in [3.05, 3.63) is 45.4 Å². The van der Waals surface area contributed by atoms with E-state index in [0.717, 1.165) is 36.2 Å². The van der Waals surface area contributed by atoms with E-state index in [9.17, 15) is 5.11 Å². The monoisotopic (exact) mass is 376 g/mol. The van der Waals surface area contributed by atoms with Crippen LogP contribution in [-0.2, 0) is 11.0 Å². The highest BCUT2D eigenvalue weighted by atomic mass is 32.1. The van der Waals surface area contributed by atoms with Crippen LogP contribution in [0.1, 0.15) is 62.4 Å². The molecule has 2 N–H and O–H groups in total. The van der Waals surface area contributed by atoms with Crippen molar-refractivity contribution < 1.29 is 9.84 Å². The van der Waals surface area contributed by atoms with Gasteiger partial charge in [-0.1, -0.05) is 40.2 Å². The molecule has 0 radical (unpaired) electrons. The fourth-order valence-corrected chi connectivity index (χ4v) is 3.81. The van der Waals surface area contributed by atoms with Gasteiger partial charge in [0.15, 0.2) is 5.60 Å². The first-order valence-corrected chi connectivity index (χ1v) is 10.1. The number of ether oxygens (including phenoxy) is 1. The predicted molar refractivity (Wildman–Crippen MR) is 109 cm³/mol. The van der Waals surface area contributed by atoms with E-state index in [4.69, 9.17) is 4.74 Å². The highest BCUT2D eigenvalue weighted by molar-refractivity contribution is 7.09. The van der Waals surface area contributed by atoms with E-state index in [1.807, 2.05) is 18.4 Å². The maximum atomic E-state index is 11.8. The Morgan fingerprint density at radius 3 is 2.54 bits per heavy atom. The standard InChI is InChI=1S/C21H32N2O2S/c1-7-8-11-22-14-21(24,19-23-15(2)13-26-19)17-12-16(20(3,4)5)9-10-18(17)25-6/h9-10,12-13,22,24H,7-8,11,14H2,1-6H3. The summed E-state index contributed by atoms with van der Waals surface area (Å²) in [5, 5.41) is 17.9. The number of hydrogen-bond donors (Lipinski definition) is 2. The molecule has 1 atom stereocenters. The molecule has 1 aromatic heterocycles. The average molecular weight is 377 g/mol. The van der Waals surface area contributed by atoms with E-state index >= 15 is 0 Å². The lowest BCUT2D eigenvalue weighted by molar-refractivity contribution is 0.0766. The van der Waals surface area contributed by atoms with E-state index in [1.54, 1.807) is 7.11 Å². The van der Waals surface area contributed by atoms with Gasteiger partial charge in [-0.2, -0.15) is 0 Å². The molecule has 1 aromatic carbocycles. The summed E-state index contributed by atoms with van der Waals surface area (Å²) in [5.74, 6) is 0.686. The van der Waals surface area contributed by atoms with Gasteiger partial charge in [0.1, 0.15) is 10.8 Å². The van der Waals surface area contributed by atoms with Crippen LogP contribution in [0.2, 0.25) is 0 Å². The summed E-state index contributed by atoms with van der Waals surface area (Å²) < 4.78 is 5.60. The Labute approximate surface area is 161 Å². The van der Waals surface area contributed by atoms with Crippen molar-refractivity contribution in [2.45, 2.75) is 58.5 Å². The lowest BCUT2D eigenvalue weighted by Crippen LogP contribution is -2.40. The van der Waals surface area contributed by atoms with Crippen molar-refractivity contribution in [1.29, 1.82) is 0 Å². The van der Waals surface area contributed by atoms with Crippen molar-refractivity contribution >= 4 is 11.3 Å². The molecule has 26 heavy (non-hydrogen) atoms. The third-order valence-electron chi connectivity index (χ3n) is 4.57. The molecule has 0 fully saturated rings. The van der Waals surface area contributed by atoms with Gasteiger partial charge in [-0.05, 0) is 43.0 Å². The first kappa shape index (κ1) is 20.9. The number of hydrogen-bond acceptors (Lipinski definition) is 5. The highest BCUT2D eigenvalue weighted by Gasteiger charge is 2.38. The van der Waals surface area contributed by atoms with Crippen LogP contribution in [0.15, 0.2) is 23.6 Å². The number of nitrogens with zero attached hydrogens (tertiary/aromatic N) is 1. The Bertz CT molecular complexity index is 721. The van der Waals surface area contributed by atoms with Gasteiger partial charge in [-0.3, -0.25) is 0 Å². The van der Waals surface area contributed by atoms with Gasteiger partial charge >= 0.3 is 0 Å². The van der Waals surface area contributed by atoms with Crippen LogP contribution < -0.4 is 10.1 Å². The number of nitrogens with one attached hydrogen (secondary N) is 1. The SMILES string of the molecule is CCCCNCC(O)(c1nc(C)cs1)c1cc(C(C)(C)C)ccc1OC. The lowest BCUT2D eigenvalue weighted by atomic mass is 9.83. The predicted octanol–water partition coefficient (Wildman–Crippen LogP) is 4.38. The van der Waals surface area contributed by atoms with E-state index in [2.05, 4.69) is 50.1 Å². The van der Waals surface area contributed by atoms with Crippen LogP contribution in [-0.4, -0.2) is 30.3 Å². The Morgan fingerprint density at radius 2 is 2.00 bits per heavy atom. The average Bonchev–Trinajstić information content (AvgIpc) is 3.04. The molecule has 0 saturated heterocycles. The van der Waals surface area contributed by atoms with E-state index in [1.165, 1.54) is 11.3 Å². The van der Waals surface area contributed by atoms with Gasteiger partial charge < -0.3 is 15.2 Å². The molecule has 0 aliphatic carbocycles. The number of unbranched alkanes of at least 4 members (excludes halogenated alkanes) is 1. The first-order chi connectivity index (χ1) is 12.2. The Kier molecular flexibility index (Phi) is 6.83. The molecule has 0 aliphatic heterocycles. The van der Waals surface area contributed by atoms with Crippen LogP contribution in [0.4, 0.5) is 0 Å². The molecule has 2 aromatic rings. The number of methoxy groups -OCH3 is 1. The molecule has 1 heterocycles. The summed E-state index contributed by atoms with van der Waals surface area (Å²) in [7, 11) is 1.65. The van der Waals surface area contributed by atoms with Crippen LogP contribution in [0, 0.1) is 6.92 Å². The third-order valence-corrected chi connectivity index (χ3v) is 5.68. The van der Waals surface area contributed by atoms with Gasteiger partial charge in [-0.25, -0.2) is 4.98 Å². The number of benzene rings is 1. The summed E-state index contributed by atoms with van der Waals surface area (Å²) in [6.07, 6.45) is 2.19. The van der Waals surface area contributed by atoms with Crippen LogP contribution >= 0.6 is 11.3 Å². The number of aromatic nitrogens is 1. The highest BCUT2D eigenvalue weighted by Crippen LogP contribution is 2.39. The molecule has 2 rings (SSSR count). The summed E-state index contributed by atoms with van der Waals surface area (Å²) in [6, 6.07) is 6.09. The molecular formula is C21H32N2O2S. The summed E-state index contributed by atoms with van der Waals surface area (Å²) in [5.41, 5.74) is 1.61. The molecule has 5 heteroatoms. The Hall–Kier alpha value is -1.43. The second kappa shape index (κ2) is 8.51. The minimum absolute atomic E-state index is 0.0175. The smallest absolute Gasteiger partial charge is 0.157 e. The number of aliphatic hydroxyl groups is 1. The molecular weight excluding hydrogens is 344 g/mol. The van der Waals surface area contributed by atoms with Gasteiger partial charge in [0, 0.05) is 23.2 Å². The number of aryl methyl sites for hydroxylation is 1. The van der Waals surface area contributed by atoms with Crippen LogP contribution in [0.3, 0.4) is 0 Å². The maximum Gasteiger partial charge on any atom is 0.157 e. The van der Waals surface area contributed by atoms with Crippen molar-refractivity contribution in [2.24, 2.45) is 0 Å². The topological polar surface area (TPSA) is 54.4 Å². The van der Waals surface area contributed by atoms with Crippen molar-refractivity contribution in [3.8, 4) is 5.75 Å². The normalized spacial score (nSPS) is 14.3. The molecule has 1 unspecified atom stereocenters. The van der Waals surface area contributed by atoms with E-state index in [-0.39, 0.29) is 5.41 Å². The second-order valence-corrected chi connectivity index (χ2v) is 8.71. The molecule has 144 valence electrons. The van der Waals surface area contributed by atoms with Crippen molar-refractivity contribution in [2.75, 3.05) is 20.2 Å². The fraction of sp³-hybridized carbons (Fsp3) is 0.571. The van der Waals surface area contributed by atoms with Crippen LogP contribution in [0.25, 0.3) is 0 Å². The van der Waals surface area contributed by atoms with E-state index in [0.29, 0.717) is 17.3 Å². The summed E-state index contributed by atoms with van der Waals surface area (Å²) >= 11 is 1.49. The lowest BCUT2D eigenvalue weighted by Gasteiger charge is -2.30. The largest absolute Gasteiger partial charge is 0.496 e. The molecule has 4 nitrogen and oxygen atoms in total. The van der Waals surface area contributed by atoms with Gasteiger partial charge in [-0.15, -0.1) is 11.3 Å².